The number of aryl methyl sites for hydroxylation is 2. The van der Waals surface area contributed by atoms with E-state index >= 15 is 0 Å². The zero-order valence-electron chi connectivity index (χ0n) is 14.1. The van der Waals surface area contributed by atoms with Gasteiger partial charge in [0.25, 0.3) is 0 Å². The number of hydrogen-bond donors (Lipinski definition) is 1. The second kappa shape index (κ2) is 5.97. The Hall–Kier alpha value is -2.87. The van der Waals surface area contributed by atoms with Crippen LogP contribution in [0.4, 0.5) is 0 Å². The van der Waals surface area contributed by atoms with Gasteiger partial charge >= 0.3 is 0 Å². The van der Waals surface area contributed by atoms with Gasteiger partial charge in [-0.25, -0.2) is 0 Å². The molecule has 24 heavy (non-hydrogen) atoms. The standard InChI is InChI=1S/C22H20N2/c1-3-24-13-12-17(19-6-4-5-7-22(19)24)9-10-18-15-23-21-11-8-16(2)14-20(18)21/h4-15H,3H2,1-2H3/p+1. The molecule has 0 aliphatic heterocycles. The van der Waals surface area contributed by atoms with E-state index in [2.05, 4.69) is 96.5 Å². The zero-order chi connectivity index (χ0) is 16.5. The number of fused-ring (bicyclic) bond motifs is 2. The molecule has 2 aromatic heterocycles. The predicted octanol–water partition coefficient (Wildman–Crippen LogP) is 5.11. The van der Waals surface area contributed by atoms with Gasteiger partial charge < -0.3 is 4.98 Å². The van der Waals surface area contributed by atoms with Crippen LogP contribution in [0.15, 0.2) is 60.9 Å². The van der Waals surface area contributed by atoms with E-state index in [-0.39, 0.29) is 0 Å². The Bertz CT molecular complexity index is 1050. The number of nitrogens with one attached hydrogen (secondary N) is 1. The van der Waals surface area contributed by atoms with Crippen molar-refractivity contribution in [3.63, 3.8) is 0 Å². The lowest BCUT2D eigenvalue weighted by molar-refractivity contribution is -0.667. The molecule has 0 amide bonds. The highest BCUT2D eigenvalue weighted by molar-refractivity contribution is 5.94. The van der Waals surface area contributed by atoms with E-state index < -0.39 is 0 Å². The van der Waals surface area contributed by atoms with Gasteiger partial charge in [0.15, 0.2) is 6.20 Å². The Morgan fingerprint density at radius 2 is 1.79 bits per heavy atom. The summed E-state index contributed by atoms with van der Waals surface area (Å²) in [6.07, 6.45) is 8.67. The third-order valence-electron chi connectivity index (χ3n) is 4.61. The molecular weight excluding hydrogens is 292 g/mol. The summed E-state index contributed by atoms with van der Waals surface area (Å²) in [6, 6.07) is 17.3. The van der Waals surface area contributed by atoms with Crippen LogP contribution >= 0.6 is 0 Å². The summed E-state index contributed by atoms with van der Waals surface area (Å²) >= 11 is 0. The third-order valence-corrected chi connectivity index (χ3v) is 4.61. The minimum absolute atomic E-state index is 0.978. The fourth-order valence-corrected chi connectivity index (χ4v) is 3.30. The molecule has 0 atom stereocenters. The van der Waals surface area contributed by atoms with E-state index in [4.69, 9.17) is 0 Å². The van der Waals surface area contributed by atoms with Gasteiger partial charge in [0.1, 0.15) is 6.54 Å². The zero-order valence-corrected chi connectivity index (χ0v) is 14.1. The number of nitrogens with zero attached hydrogens (tertiary/aromatic N) is 1. The molecule has 1 N–H and O–H groups in total. The molecule has 0 saturated carbocycles. The van der Waals surface area contributed by atoms with Crippen molar-refractivity contribution in [3.05, 3.63) is 77.6 Å². The van der Waals surface area contributed by atoms with Crippen molar-refractivity contribution in [2.75, 3.05) is 0 Å². The quantitative estimate of drug-likeness (QED) is 0.507. The van der Waals surface area contributed by atoms with Crippen molar-refractivity contribution in [1.82, 2.24) is 4.98 Å². The average molecular weight is 313 g/mol. The smallest absolute Gasteiger partial charge is 0.213 e. The molecule has 2 heterocycles. The average Bonchev–Trinajstić information content (AvgIpc) is 3.01. The van der Waals surface area contributed by atoms with E-state index in [1.165, 1.54) is 38.5 Å². The first kappa shape index (κ1) is 14.7. The van der Waals surface area contributed by atoms with Crippen LogP contribution in [-0.2, 0) is 6.54 Å². The van der Waals surface area contributed by atoms with Gasteiger partial charge in [0.05, 0.1) is 5.39 Å². The maximum Gasteiger partial charge on any atom is 0.213 e. The number of aromatic nitrogens is 2. The molecule has 0 saturated heterocycles. The van der Waals surface area contributed by atoms with Crippen LogP contribution in [0.5, 0.6) is 0 Å². The number of H-pyrrole nitrogens is 1. The van der Waals surface area contributed by atoms with Gasteiger partial charge in [0, 0.05) is 29.2 Å². The second-order valence-electron chi connectivity index (χ2n) is 6.20. The maximum atomic E-state index is 3.35. The van der Waals surface area contributed by atoms with Crippen molar-refractivity contribution in [2.45, 2.75) is 20.4 Å². The highest BCUT2D eigenvalue weighted by Crippen LogP contribution is 2.23. The Kier molecular flexibility index (Phi) is 3.66. The van der Waals surface area contributed by atoms with Crippen molar-refractivity contribution in [1.29, 1.82) is 0 Å². The van der Waals surface area contributed by atoms with E-state index in [0.717, 1.165) is 6.54 Å². The number of benzene rings is 2. The molecule has 0 aliphatic rings. The Morgan fingerprint density at radius 3 is 2.67 bits per heavy atom. The van der Waals surface area contributed by atoms with Crippen LogP contribution < -0.4 is 4.57 Å². The first-order chi connectivity index (χ1) is 11.8. The van der Waals surface area contributed by atoms with E-state index in [0.29, 0.717) is 0 Å². The molecule has 4 aromatic rings. The summed E-state index contributed by atoms with van der Waals surface area (Å²) in [4.78, 5) is 3.35. The van der Waals surface area contributed by atoms with Gasteiger partial charge in [0.2, 0.25) is 5.52 Å². The molecule has 0 fully saturated rings. The molecule has 0 unspecified atom stereocenters. The van der Waals surface area contributed by atoms with Gasteiger partial charge in [-0.15, -0.1) is 0 Å². The molecular formula is C22H21N2+. The van der Waals surface area contributed by atoms with Crippen LogP contribution in [0.2, 0.25) is 0 Å². The van der Waals surface area contributed by atoms with Crippen LogP contribution in [0.1, 0.15) is 23.6 Å². The molecule has 0 radical (unpaired) electrons. The molecule has 0 aliphatic carbocycles. The second-order valence-corrected chi connectivity index (χ2v) is 6.20. The van der Waals surface area contributed by atoms with Gasteiger partial charge in [-0.2, -0.15) is 4.57 Å². The Balaban J connectivity index is 1.81. The highest BCUT2D eigenvalue weighted by Gasteiger charge is 2.09. The summed E-state index contributed by atoms with van der Waals surface area (Å²) in [7, 11) is 0. The SMILES string of the molecule is CC[n+]1ccc(/C=C/c2c[nH]c3ccc(C)cc23)c2ccccc21. The molecule has 2 heteroatoms. The normalized spacial score (nSPS) is 11.8. The Morgan fingerprint density at radius 1 is 0.958 bits per heavy atom. The van der Waals surface area contributed by atoms with Crippen molar-refractivity contribution in [2.24, 2.45) is 0 Å². The third kappa shape index (κ3) is 2.50. The van der Waals surface area contributed by atoms with Crippen molar-refractivity contribution in [3.8, 4) is 0 Å². The van der Waals surface area contributed by atoms with Gasteiger partial charge in [-0.1, -0.05) is 35.9 Å². The van der Waals surface area contributed by atoms with Crippen LogP contribution in [0, 0.1) is 6.92 Å². The molecule has 0 spiro atoms. The lowest BCUT2D eigenvalue weighted by atomic mass is 10.1. The van der Waals surface area contributed by atoms with Crippen LogP contribution in [0.3, 0.4) is 0 Å². The maximum absolute atomic E-state index is 3.35. The number of para-hydroxylation sites is 1. The van der Waals surface area contributed by atoms with E-state index in [1.807, 2.05) is 0 Å². The summed E-state index contributed by atoms with van der Waals surface area (Å²) < 4.78 is 2.28. The number of hydrogen-bond acceptors (Lipinski definition) is 0. The fourth-order valence-electron chi connectivity index (χ4n) is 3.30. The lowest BCUT2D eigenvalue weighted by Crippen LogP contribution is -2.32. The van der Waals surface area contributed by atoms with Crippen molar-refractivity contribution >= 4 is 34.0 Å². The largest absolute Gasteiger partial charge is 0.361 e. The minimum atomic E-state index is 0.978. The van der Waals surface area contributed by atoms with Crippen molar-refractivity contribution < 1.29 is 4.57 Å². The molecule has 2 nitrogen and oxygen atoms in total. The fraction of sp³-hybridized carbons (Fsp3) is 0.136. The minimum Gasteiger partial charge on any atom is -0.361 e. The van der Waals surface area contributed by atoms with Gasteiger partial charge in [-0.05, 0) is 43.2 Å². The lowest BCUT2D eigenvalue weighted by Gasteiger charge is -2.02. The number of pyridine rings is 1. The van der Waals surface area contributed by atoms with Gasteiger partial charge in [-0.3, -0.25) is 0 Å². The topological polar surface area (TPSA) is 19.7 Å². The van der Waals surface area contributed by atoms with E-state index in [1.54, 1.807) is 0 Å². The monoisotopic (exact) mass is 313 g/mol. The van der Waals surface area contributed by atoms with E-state index in [9.17, 15) is 0 Å². The number of aromatic amines is 1. The predicted molar refractivity (Wildman–Crippen MR) is 102 cm³/mol. The molecule has 0 bridgehead atoms. The summed E-state index contributed by atoms with van der Waals surface area (Å²) in [5, 5.41) is 2.56. The van der Waals surface area contributed by atoms with Crippen LogP contribution in [-0.4, -0.2) is 4.98 Å². The first-order valence-corrected chi connectivity index (χ1v) is 8.43. The summed E-state index contributed by atoms with van der Waals surface area (Å²) in [6.45, 7) is 5.29. The highest BCUT2D eigenvalue weighted by atomic mass is 14.9. The molecule has 2 aromatic carbocycles. The summed E-state index contributed by atoms with van der Waals surface area (Å²) in [5.74, 6) is 0. The first-order valence-electron chi connectivity index (χ1n) is 8.43. The Labute approximate surface area is 142 Å². The summed E-state index contributed by atoms with van der Waals surface area (Å²) in [5.41, 5.74) is 6.21. The number of rotatable bonds is 3. The molecule has 4 rings (SSSR count). The molecule has 118 valence electrons. The van der Waals surface area contributed by atoms with Crippen LogP contribution in [0.25, 0.3) is 34.0 Å².